The lowest BCUT2D eigenvalue weighted by atomic mass is 9.90. The smallest absolute Gasteiger partial charge is 0.337 e. The number of halogens is 1. The van der Waals surface area contributed by atoms with E-state index in [0.29, 0.717) is 37.1 Å². The van der Waals surface area contributed by atoms with Gasteiger partial charge in [-0.1, -0.05) is 60.7 Å². The Morgan fingerprint density at radius 3 is 2.54 bits per heavy atom. The summed E-state index contributed by atoms with van der Waals surface area (Å²) in [7, 11) is 0. The summed E-state index contributed by atoms with van der Waals surface area (Å²) < 4.78 is 17.2. The van der Waals surface area contributed by atoms with Crippen LogP contribution in [0.2, 0.25) is 0 Å². The summed E-state index contributed by atoms with van der Waals surface area (Å²) >= 11 is 0. The van der Waals surface area contributed by atoms with E-state index in [1.54, 1.807) is 12.1 Å². The van der Waals surface area contributed by atoms with Gasteiger partial charge >= 0.3 is 5.69 Å². The van der Waals surface area contributed by atoms with Crippen molar-refractivity contribution < 1.29 is 9.18 Å². The molecule has 2 fully saturated rings. The molecule has 0 radical (unpaired) electrons. The Hall–Kier alpha value is -5.52. The number of para-hydroxylation sites is 1. The molecule has 1 aliphatic heterocycles. The van der Waals surface area contributed by atoms with Gasteiger partial charge in [0.1, 0.15) is 11.5 Å². The number of hydrogen-bond acceptors (Lipinski definition) is 7. The highest BCUT2D eigenvalue weighted by atomic mass is 19.1. The topological polar surface area (TPSA) is 114 Å². The van der Waals surface area contributed by atoms with Gasteiger partial charge in [-0.05, 0) is 92.2 Å². The predicted molar refractivity (Wildman–Crippen MR) is 200 cm³/mol. The van der Waals surface area contributed by atoms with Gasteiger partial charge in [0.15, 0.2) is 5.65 Å². The van der Waals surface area contributed by atoms with E-state index >= 15 is 0 Å². The minimum absolute atomic E-state index is 0.0378. The third-order valence-corrected chi connectivity index (χ3v) is 10.4. The molecule has 10 nitrogen and oxygen atoms in total. The van der Waals surface area contributed by atoms with Crippen LogP contribution in [0.15, 0.2) is 107 Å². The van der Waals surface area contributed by atoms with E-state index in [-0.39, 0.29) is 23.0 Å². The highest BCUT2D eigenvalue weighted by Gasteiger charge is 2.28. The van der Waals surface area contributed by atoms with Gasteiger partial charge in [0.2, 0.25) is 0 Å². The minimum Gasteiger partial charge on any atom is -0.348 e. The second-order valence-corrected chi connectivity index (χ2v) is 13.8. The molecular formula is C41H40FN7O3. The van der Waals surface area contributed by atoms with Crippen molar-refractivity contribution in [3.8, 4) is 16.8 Å². The molecule has 0 spiro atoms. The van der Waals surface area contributed by atoms with Crippen LogP contribution in [0.25, 0.3) is 38.8 Å². The van der Waals surface area contributed by atoms with Crippen LogP contribution < -0.4 is 21.9 Å². The molecule has 6 aromatic rings. The van der Waals surface area contributed by atoms with Gasteiger partial charge in [-0.2, -0.15) is 0 Å². The molecule has 2 aliphatic rings. The van der Waals surface area contributed by atoms with Gasteiger partial charge in [0.25, 0.3) is 11.5 Å². The molecule has 0 atom stereocenters. The van der Waals surface area contributed by atoms with Crippen LogP contribution >= 0.6 is 0 Å². The van der Waals surface area contributed by atoms with Gasteiger partial charge in [-0.25, -0.2) is 23.7 Å². The Morgan fingerprint density at radius 1 is 0.865 bits per heavy atom. The second kappa shape index (κ2) is 14.6. The van der Waals surface area contributed by atoms with Gasteiger partial charge in [-0.3, -0.25) is 19.1 Å². The normalized spacial score (nSPS) is 18.3. The van der Waals surface area contributed by atoms with Crippen molar-refractivity contribution in [1.82, 2.24) is 34.6 Å². The zero-order chi connectivity index (χ0) is 35.6. The third-order valence-electron chi connectivity index (χ3n) is 10.4. The Bertz CT molecular complexity index is 2370. The highest BCUT2D eigenvalue weighted by molar-refractivity contribution is 5.95. The van der Waals surface area contributed by atoms with E-state index in [2.05, 4.69) is 49.8 Å². The number of amides is 1. The fraction of sp³-hybridized carbons (Fsp3) is 0.293. The van der Waals surface area contributed by atoms with Crippen LogP contribution in [0, 0.1) is 5.82 Å². The van der Waals surface area contributed by atoms with E-state index in [4.69, 9.17) is 0 Å². The van der Waals surface area contributed by atoms with Crippen LogP contribution in [0.4, 0.5) is 4.39 Å². The molecule has 4 heterocycles. The molecule has 0 unspecified atom stereocenters. The van der Waals surface area contributed by atoms with Gasteiger partial charge in [0, 0.05) is 37.1 Å². The number of aromatic nitrogens is 4. The number of nitrogens with one attached hydrogen (secondary N) is 2. The summed E-state index contributed by atoms with van der Waals surface area (Å²) in [5.74, 6) is -0.911. The second-order valence-electron chi connectivity index (χ2n) is 13.8. The SMILES string of the molecule is O=C(NC1CCC(n2c(=O)c3cc(F)cnc3n(-c3cccc(-c4ccc(CN5CCCNCC5)cc4)c3)c2=O)CC1)c1ccc2ccccc2n1. The molecule has 264 valence electrons. The number of fused-ring (bicyclic) bond motifs is 2. The van der Waals surface area contributed by atoms with E-state index < -0.39 is 23.1 Å². The quantitative estimate of drug-likeness (QED) is 0.223. The third kappa shape index (κ3) is 6.89. The zero-order valence-electron chi connectivity index (χ0n) is 28.8. The van der Waals surface area contributed by atoms with Crippen LogP contribution in [0.1, 0.15) is 54.2 Å². The zero-order valence-corrected chi connectivity index (χ0v) is 28.8. The molecule has 1 aliphatic carbocycles. The summed E-state index contributed by atoms with van der Waals surface area (Å²) in [5, 5.41) is 7.53. The van der Waals surface area contributed by atoms with Crippen molar-refractivity contribution in [1.29, 1.82) is 0 Å². The summed E-state index contributed by atoms with van der Waals surface area (Å²) in [6.07, 6.45) is 4.27. The summed E-state index contributed by atoms with van der Waals surface area (Å²) in [6, 6.07) is 27.8. The Kier molecular flexibility index (Phi) is 9.44. The maximum absolute atomic E-state index is 14.6. The summed E-state index contributed by atoms with van der Waals surface area (Å²) in [6.45, 7) is 5.04. The number of nitrogens with zero attached hydrogens (tertiary/aromatic N) is 5. The first kappa shape index (κ1) is 33.6. The molecule has 8 rings (SSSR count). The Morgan fingerprint density at radius 2 is 1.69 bits per heavy atom. The van der Waals surface area contributed by atoms with Crippen molar-refractivity contribution in [3.05, 3.63) is 135 Å². The lowest BCUT2D eigenvalue weighted by molar-refractivity contribution is 0.0917. The van der Waals surface area contributed by atoms with Crippen molar-refractivity contribution in [3.63, 3.8) is 0 Å². The van der Waals surface area contributed by atoms with Crippen molar-refractivity contribution in [2.45, 2.75) is 50.7 Å². The number of hydrogen-bond donors (Lipinski definition) is 2. The molecule has 3 aromatic heterocycles. The molecule has 0 bridgehead atoms. The molecule has 1 saturated heterocycles. The summed E-state index contributed by atoms with van der Waals surface area (Å²) in [5.41, 5.74) is 3.77. The van der Waals surface area contributed by atoms with Crippen LogP contribution in [-0.2, 0) is 6.54 Å². The number of carbonyl (C=O) groups is 1. The molecule has 52 heavy (non-hydrogen) atoms. The number of benzene rings is 3. The van der Waals surface area contributed by atoms with Crippen molar-refractivity contribution in [2.75, 3.05) is 26.2 Å². The first-order valence-corrected chi connectivity index (χ1v) is 18.0. The first-order chi connectivity index (χ1) is 25.4. The maximum atomic E-state index is 14.6. The average Bonchev–Trinajstić information content (AvgIpc) is 3.45. The standard InChI is InChI=1S/C41H40FN7O3/c42-31-24-35-38(44-25-31)48(34-7-3-6-30(23-34)28-11-9-27(10-12-28)26-47-21-4-19-43-20-22-47)41(52)49(40(35)51)33-16-14-32(15-17-33)45-39(50)37-18-13-29-5-1-2-8-36(29)46-37/h1-3,5-13,18,23-25,32-33,43H,4,14-17,19-22,26H2,(H,45,50). The fourth-order valence-corrected chi connectivity index (χ4v) is 7.61. The fourth-order valence-electron chi connectivity index (χ4n) is 7.61. The first-order valence-electron chi connectivity index (χ1n) is 18.0. The van der Waals surface area contributed by atoms with E-state index in [0.717, 1.165) is 73.4 Å². The Labute approximate surface area is 300 Å². The molecule has 2 N–H and O–H groups in total. The Balaban J connectivity index is 1.05. The molecule has 3 aromatic carbocycles. The molecule has 1 amide bonds. The van der Waals surface area contributed by atoms with Gasteiger partial charge in [0.05, 0.1) is 22.8 Å². The molecular weight excluding hydrogens is 657 g/mol. The highest BCUT2D eigenvalue weighted by Crippen LogP contribution is 2.29. The monoisotopic (exact) mass is 697 g/mol. The van der Waals surface area contributed by atoms with Crippen LogP contribution in [0.5, 0.6) is 0 Å². The predicted octanol–water partition coefficient (Wildman–Crippen LogP) is 5.61. The van der Waals surface area contributed by atoms with Gasteiger partial charge in [-0.15, -0.1) is 0 Å². The maximum Gasteiger partial charge on any atom is 0.337 e. The van der Waals surface area contributed by atoms with E-state index in [9.17, 15) is 18.8 Å². The lowest BCUT2D eigenvalue weighted by Gasteiger charge is -2.30. The van der Waals surface area contributed by atoms with Crippen LogP contribution in [0.3, 0.4) is 0 Å². The molecule has 11 heteroatoms. The van der Waals surface area contributed by atoms with E-state index in [1.807, 2.05) is 48.5 Å². The lowest BCUT2D eigenvalue weighted by Crippen LogP contribution is -2.45. The van der Waals surface area contributed by atoms with E-state index in [1.165, 1.54) is 14.7 Å². The molecule has 1 saturated carbocycles. The van der Waals surface area contributed by atoms with Crippen molar-refractivity contribution >= 4 is 27.8 Å². The van der Waals surface area contributed by atoms with Crippen molar-refractivity contribution in [2.24, 2.45) is 0 Å². The van der Waals surface area contributed by atoms with Crippen LogP contribution in [-0.4, -0.2) is 62.1 Å². The number of carbonyl (C=O) groups excluding carboxylic acids is 1. The number of rotatable bonds is 7. The van der Waals surface area contributed by atoms with Gasteiger partial charge < -0.3 is 10.6 Å². The summed E-state index contributed by atoms with van der Waals surface area (Å²) in [4.78, 5) is 52.6. The number of pyridine rings is 2. The largest absolute Gasteiger partial charge is 0.348 e. The minimum atomic E-state index is -0.652. The average molecular weight is 698 g/mol.